The fourth-order valence-corrected chi connectivity index (χ4v) is 2.61. The molecule has 0 aliphatic heterocycles. The third-order valence-corrected chi connectivity index (χ3v) is 3.90. The summed E-state index contributed by atoms with van der Waals surface area (Å²) < 4.78 is 0. The van der Waals surface area contributed by atoms with Crippen LogP contribution in [0.2, 0.25) is 5.02 Å². The molecule has 0 fully saturated rings. The number of hydrogen-bond donors (Lipinski definition) is 1. The maximum atomic E-state index is 10.4. The van der Waals surface area contributed by atoms with Gasteiger partial charge in [-0.15, -0.1) is 0 Å². The van der Waals surface area contributed by atoms with Crippen molar-refractivity contribution in [1.82, 2.24) is 0 Å². The van der Waals surface area contributed by atoms with Crippen molar-refractivity contribution in [1.29, 1.82) is 0 Å². The van der Waals surface area contributed by atoms with Crippen molar-refractivity contribution in [3.8, 4) is 0 Å². The zero-order chi connectivity index (χ0) is 14.7. The molecular formula is C18H21ClO. The number of benzene rings is 2. The molecule has 106 valence electrons. The van der Waals surface area contributed by atoms with Crippen LogP contribution in [0.15, 0.2) is 42.5 Å². The standard InChI is InChI=1S/C18H21ClO/c1-12(2)15-6-4-14(5-7-15)11-18(20)17-9-8-16(19)10-13(17)3/h4-10,12,18,20H,11H2,1-3H3. The molecular weight excluding hydrogens is 268 g/mol. The lowest BCUT2D eigenvalue weighted by Crippen LogP contribution is -2.04. The fourth-order valence-electron chi connectivity index (χ4n) is 2.38. The monoisotopic (exact) mass is 288 g/mol. The lowest BCUT2D eigenvalue weighted by molar-refractivity contribution is 0.177. The minimum atomic E-state index is -0.489. The van der Waals surface area contributed by atoms with Crippen LogP contribution in [0.4, 0.5) is 0 Å². The third kappa shape index (κ3) is 3.62. The lowest BCUT2D eigenvalue weighted by atomic mass is 9.96. The highest BCUT2D eigenvalue weighted by molar-refractivity contribution is 6.30. The Balaban J connectivity index is 2.12. The summed E-state index contributed by atoms with van der Waals surface area (Å²) in [6.45, 7) is 6.34. The molecule has 0 heterocycles. The Bertz CT molecular complexity index is 572. The van der Waals surface area contributed by atoms with Crippen LogP contribution in [-0.2, 0) is 6.42 Å². The molecule has 0 aromatic heterocycles. The molecule has 0 aliphatic rings. The van der Waals surface area contributed by atoms with E-state index < -0.39 is 6.10 Å². The lowest BCUT2D eigenvalue weighted by Gasteiger charge is -2.15. The molecule has 1 nitrogen and oxygen atoms in total. The van der Waals surface area contributed by atoms with Crippen LogP contribution >= 0.6 is 11.6 Å². The molecule has 2 rings (SSSR count). The fraction of sp³-hybridized carbons (Fsp3) is 0.333. The summed E-state index contributed by atoms with van der Waals surface area (Å²) in [5, 5.41) is 11.1. The summed E-state index contributed by atoms with van der Waals surface area (Å²) in [6.07, 6.45) is 0.137. The first kappa shape index (κ1) is 15.1. The van der Waals surface area contributed by atoms with E-state index in [9.17, 15) is 5.11 Å². The second-order valence-corrected chi connectivity index (χ2v) is 6.05. The van der Waals surface area contributed by atoms with E-state index in [1.807, 2.05) is 25.1 Å². The minimum Gasteiger partial charge on any atom is -0.388 e. The molecule has 0 amide bonds. The van der Waals surface area contributed by atoms with Crippen LogP contribution in [0.5, 0.6) is 0 Å². The molecule has 0 saturated heterocycles. The van der Waals surface area contributed by atoms with Crippen molar-refractivity contribution in [2.24, 2.45) is 0 Å². The first-order valence-corrected chi connectivity index (χ1v) is 7.38. The van der Waals surface area contributed by atoms with E-state index in [0.717, 1.165) is 16.7 Å². The summed E-state index contributed by atoms with van der Waals surface area (Å²) in [4.78, 5) is 0. The summed E-state index contributed by atoms with van der Waals surface area (Å²) >= 11 is 5.95. The third-order valence-electron chi connectivity index (χ3n) is 3.67. The van der Waals surface area contributed by atoms with Gasteiger partial charge in [0.15, 0.2) is 0 Å². The zero-order valence-corrected chi connectivity index (χ0v) is 13.0. The van der Waals surface area contributed by atoms with Crippen molar-refractivity contribution >= 4 is 11.6 Å². The Morgan fingerprint density at radius 3 is 2.25 bits per heavy atom. The number of aliphatic hydroxyl groups excluding tert-OH is 1. The van der Waals surface area contributed by atoms with Gasteiger partial charge in [-0.2, -0.15) is 0 Å². The quantitative estimate of drug-likeness (QED) is 0.835. The number of rotatable bonds is 4. The average Bonchev–Trinajstić information content (AvgIpc) is 2.39. The maximum absolute atomic E-state index is 10.4. The van der Waals surface area contributed by atoms with Gasteiger partial charge in [0, 0.05) is 11.4 Å². The van der Waals surface area contributed by atoms with E-state index >= 15 is 0 Å². The van der Waals surface area contributed by atoms with E-state index in [1.54, 1.807) is 0 Å². The number of aliphatic hydroxyl groups is 1. The molecule has 0 bridgehead atoms. The van der Waals surface area contributed by atoms with Crippen LogP contribution in [-0.4, -0.2) is 5.11 Å². The first-order chi connectivity index (χ1) is 9.47. The van der Waals surface area contributed by atoms with Gasteiger partial charge in [0.25, 0.3) is 0 Å². The molecule has 0 saturated carbocycles. The Morgan fingerprint density at radius 1 is 1.05 bits per heavy atom. The smallest absolute Gasteiger partial charge is 0.0832 e. The Labute approximate surface area is 126 Å². The maximum Gasteiger partial charge on any atom is 0.0832 e. The summed E-state index contributed by atoms with van der Waals surface area (Å²) in [7, 11) is 0. The summed E-state index contributed by atoms with van der Waals surface area (Å²) in [5.74, 6) is 0.535. The Morgan fingerprint density at radius 2 is 1.70 bits per heavy atom. The van der Waals surface area contributed by atoms with E-state index in [2.05, 4.69) is 38.1 Å². The van der Waals surface area contributed by atoms with E-state index in [0.29, 0.717) is 17.4 Å². The Hall–Kier alpha value is -1.31. The van der Waals surface area contributed by atoms with Crippen molar-refractivity contribution in [2.75, 3.05) is 0 Å². The van der Waals surface area contributed by atoms with Gasteiger partial charge in [-0.05, 0) is 47.2 Å². The van der Waals surface area contributed by atoms with Crippen molar-refractivity contribution in [3.63, 3.8) is 0 Å². The highest BCUT2D eigenvalue weighted by atomic mass is 35.5. The van der Waals surface area contributed by atoms with E-state index in [4.69, 9.17) is 11.6 Å². The molecule has 2 heteroatoms. The van der Waals surface area contributed by atoms with Gasteiger partial charge in [-0.25, -0.2) is 0 Å². The van der Waals surface area contributed by atoms with Crippen LogP contribution in [0.3, 0.4) is 0 Å². The van der Waals surface area contributed by atoms with Crippen LogP contribution in [0.25, 0.3) is 0 Å². The van der Waals surface area contributed by atoms with Crippen molar-refractivity contribution < 1.29 is 5.11 Å². The minimum absolute atomic E-state index is 0.489. The van der Waals surface area contributed by atoms with Gasteiger partial charge < -0.3 is 5.11 Å². The van der Waals surface area contributed by atoms with Crippen molar-refractivity contribution in [2.45, 2.75) is 39.2 Å². The molecule has 1 N–H and O–H groups in total. The van der Waals surface area contributed by atoms with Gasteiger partial charge in [0.05, 0.1) is 6.10 Å². The van der Waals surface area contributed by atoms with Crippen LogP contribution < -0.4 is 0 Å². The Kier molecular flexibility index (Phi) is 4.85. The zero-order valence-electron chi connectivity index (χ0n) is 12.2. The molecule has 1 unspecified atom stereocenters. The SMILES string of the molecule is Cc1cc(Cl)ccc1C(O)Cc1ccc(C(C)C)cc1. The van der Waals surface area contributed by atoms with Gasteiger partial charge in [-0.1, -0.05) is 55.8 Å². The highest BCUT2D eigenvalue weighted by Gasteiger charge is 2.11. The van der Waals surface area contributed by atoms with Gasteiger partial charge in [0.1, 0.15) is 0 Å². The largest absolute Gasteiger partial charge is 0.388 e. The molecule has 0 spiro atoms. The molecule has 2 aromatic rings. The molecule has 2 aromatic carbocycles. The summed E-state index contributed by atoms with van der Waals surface area (Å²) in [6, 6.07) is 14.1. The topological polar surface area (TPSA) is 20.2 Å². The molecule has 20 heavy (non-hydrogen) atoms. The van der Waals surface area contributed by atoms with E-state index in [-0.39, 0.29) is 0 Å². The summed E-state index contributed by atoms with van der Waals surface area (Å²) in [5.41, 5.74) is 4.45. The first-order valence-electron chi connectivity index (χ1n) is 7.00. The van der Waals surface area contributed by atoms with Crippen LogP contribution in [0, 0.1) is 6.92 Å². The predicted octanol–water partition coefficient (Wildman–Crippen LogP) is 5.05. The second-order valence-electron chi connectivity index (χ2n) is 5.62. The number of halogens is 1. The average molecular weight is 289 g/mol. The van der Waals surface area contributed by atoms with E-state index in [1.165, 1.54) is 5.56 Å². The van der Waals surface area contributed by atoms with Gasteiger partial charge in [-0.3, -0.25) is 0 Å². The molecule has 0 radical (unpaired) electrons. The molecule has 1 atom stereocenters. The van der Waals surface area contributed by atoms with Crippen molar-refractivity contribution in [3.05, 3.63) is 69.7 Å². The number of aryl methyl sites for hydroxylation is 1. The van der Waals surface area contributed by atoms with Gasteiger partial charge in [0.2, 0.25) is 0 Å². The van der Waals surface area contributed by atoms with Crippen LogP contribution in [0.1, 0.15) is 48.1 Å². The second kappa shape index (κ2) is 6.43. The predicted molar refractivity (Wildman–Crippen MR) is 85.4 cm³/mol. The van der Waals surface area contributed by atoms with Gasteiger partial charge >= 0.3 is 0 Å². The highest BCUT2D eigenvalue weighted by Crippen LogP contribution is 2.25. The number of hydrogen-bond acceptors (Lipinski definition) is 1. The molecule has 0 aliphatic carbocycles. The normalized spacial score (nSPS) is 12.7.